The number of morpholine rings is 1. The van der Waals surface area contributed by atoms with Crippen LogP contribution in [0.4, 0.5) is 10.5 Å². The van der Waals surface area contributed by atoms with Crippen LogP contribution < -0.4 is 14.8 Å². The van der Waals surface area contributed by atoms with Crippen molar-refractivity contribution in [1.29, 1.82) is 0 Å². The van der Waals surface area contributed by atoms with Crippen molar-refractivity contribution in [3.8, 4) is 11.8 Å². The monoisotopic (exact) mass is 616 g/mol. The summed E-state index contributed by atoms with van der Waals surface area (Å²) in [4.78, 5) is 15.3. The lowest BCUT2D eigenvalue weighted by Crippen LogP contribution is -2.41. The van der Waals surface area contributed by atoms with Crippen molar-refractivity contribution in [3.05, 3.63) is 84.4 Å². The summed E-state index contributed by atoms with van der Waals surface area (Å²) in [5, 5.41) is 4.38. The molecule has 0 radical (unpaired) electrons. The Labute approximate surface area is 256 Å². The van der Waals surface area contributed by atoms with Gasteiger partial charge in [0.25, 0.3) is 10.0 Å². The van der Waals surface area contributed by atoms with Crippen LogP contribution in [-0.4, -0.2) is 63.4 Å². The first-order valence-corrected chi connectivity index (χ1v) is 16.1. The quantitative estimate of drug-likeness (QED) is 0.223. The first-order valence-electron chi connectivity index (χ1n) is 14.6. The third-order valence-electron chi connectivity index (χ3n) is 7.68. The largest absolute Gasteiger partial charge is 0.440 e. The summed E-state index contributed by atoms with van der Waals surface area (Å²) in [6.07, 6.45) is -0.599. The van der Waals surface area contributed by atoms with Gasteiger partial charge in [0.2, 0.25) is 11.8 Å². The lowest BCUT2D eigenvalue weighted by molar-refractivity contribution is 0.0385. The molecule has 5 aromatic rings. The highest BCUT2D eigenvalue weighted by atomic mass is 32.2. The Bertz CT molecular complexity index is 1870. The average Bonchev–Trinajstić information content (AvgIpc) is 3.57. The summed E-state index contributed by atoms with van der Waals surface area (Å²) in [5.41, 5.74) is 2.69. The molecule has 44 heavy (non-hydrogen) atoms. The Kier molecular flexibility index (Phi) is 8.10. The molecule has 2 aromatic heterocycles. The molecule has 0 atom stereocenters. The first-order chi connectivity index (χ1) is 21.1. The van der Waals surface area contributed by atoms with Gasteiger partial charge in [-0.05, 0) is 47.4 Å². The Morgan fingerprint density at radius 3 is 2.41 bits per heavy atom. The van der Waals surface area contributed by atoms with E-state index >= 15 is 0 Å². The minimum atomic E-state index is -3.84. The number of para-hydroxylation sites is 1. The molecule has 3 heterocycles. The number of nitrogens with zero attached hydrogens (tertiary/aromatic N) is 2. The molecule has 11 heteroatoms. The number of nitrogens with one attached hydrogen (secondary N) is 2. The van der Waals surface area contributed by atoms with Gasteiger partial charge in [0.1, 0.15) is 5.58 Å². The average molecular weight is 617 g/mol. The standard InChI is InChI=1S/C33H36N4O6S/c1-33(2,3)25-8-11-27(12-9-25)44(39,40)35-26-10-13-28-24(20-26)22-31(37(28)30-21-23-6-4-5-7-29(23)42-30)43-32(38)34-14-15-36-16-18-41-19-17-36/h4-13,20-22,35H,14-19H2,1-3H3,(H,34,38). The van der Waals surface area contributed by atoms with Crippen molar-refractivity contribution >= 4 is 43.7 Å². The molecule has 1 aliphatic rings. The molecule has 230 valence electrons. The molecular formula is C33H36N4O6S. The summed E-state index contributed by atoms with van der Waals surface area (Å²) in [7, 11) is -3.84. The van der Waals surface area contributed by atoms with E-state index in [9.17, 15) is 13.2 Å². The Balaban J connectivity index is 1.27. The van der Waals surface area contributed by atoms with Gasteiger partial charge in [-0.3, -0.25) is 9.62 Å². The summed E-state index contributed by atoms with van der Waals surface area (Å²) in [5.74, 6) is 0.699. The van der Waals surface area contributed by atoms with Crippen LogP contribution in [0.1, 0.15) is 26.3 Å². The number of fused-ring (bicyclic) bond motifs is 2. The second kappa shape index (κ2) is 12.0. The SMILES string of the molecule is CC(C)(C)c1ccc(S(=O)(=O)Nc2ccc3c(c2)cc(OC(=O)NCCN2CCOCC2)n3-c2cc3ccccc3o2)cc1. The number of amides is 1. The van der Waals surface area contributed by atoms with Gasteiger partial charge >= 0.3 is 6.09 Å². The first kappa shape index (κ1) is 29.7. The second-order valence-corrected chi connectivity index (χ2v) is 13.5. The van der Waals surface area contributed by atoms with Crippen molar-refractivity contribution in [3.63, 3.8) is 0 Å². The number of carbonyl (C=O) groups is 1. The minimum absolute atomic E-state index is 0.0901. The van der Waals surface area contributed by atoms with Crippen molar-refractivity contribution in [2.45, 2.75) is 31.1 Å². The molecule has 0 unspecified atom stereocenters. The van der Waals surface area contributed by atoms with Gasteiger partial charge < -0.3 is 19.2 Å². The zero-order valence-electron chi connectivity index (χ0n) is 25.0. The predicted octanol–water partition coefficient (Wildman–Crippen LogP) is 5.90. The maximum atomic E-state index is 13.2. The van der Waals surface area contributed by atoms with Crippen LogP contribution in [0.25, 0.3) is 27.8 Å². The summed E-state index contributed by atoms with van der Waals surface area (Å²) >= 11 is 0. The fourth-order valence-electron chi connectivity index (χ4n) is 5.25. The smallest absolute Gasteiger partial charge is 0.413 e. The molecule has 1 fully saturated rings. The molecule has 0 spiro atoms. The van der Waals surface area contributed by atoms with Gasteiger partial charge in [-0.15, -0.1) is 0 Å². The molecule has 3 aromatic carbocycles. The summed E-state index contributed by atoms with van der Waals surface area (Å²) < 4.78 is 48.2. The highest BCUT2D eigenvalue weighted by Crippen LogP contribution is 2.34. The molecule has 6 rings (SSSR count). The van der Waals surface area contributed by atoms with Crippen LogP contribution in [0.3, 0.4) is 0 Å². The zero-order valence-corrected chi connectivity index (χ0v) is 25.8. The number of benzene rings is 3. The Morgan fingerprint density at radius 2 is 1.68 bits per heavy atom. The fourth-order valence-corrected chi connectivity index (χ4v) is 6.30. The third kappa shape index (κ3) is 6.45. The highest BCUT2D eigenvalue weighted by molar-refractivity contribution is 7.92. The Morgan fingerprint density at radius 1 is 0.932 bits per heavy atom. The van der Waals surface area contributed by atoms with Crippen molar-refractivity contribution < 1.29 is 27.1 Å². The van der Waals surface area contributed by atoms with Gasteiger partial charge in [0.05, 0.1) is 23.6 Å². The number of ether oxygens (including phenoxy) is 2. The van der Waals surface area contributed by atoms with Crippen LogP contribution >= 0.6 is 0 Å². The van der Waals surface area contributed by atoms with E-state index in [1.807, 2.05) is 42.5 Å². The van der Waals surface area contributed by atoms with E-state index in [0.717, 1.165) is 24.0 Å². The molecule has 1 saturated heterocycles. The minimum Gasteiger partial charge on any atom is -0.440 e. The van der Waals surface area contributed by atoms with Crippen LogP contribution in [0.2, 0.25) is 0 Å². The maximum absolute atomic E-state index is 13.2. The van der Waals surface area contributed by atoms with Gasteiger partial charge in [-0.1, -0.05) is 51.1 Å². The molecule has 10 nitrogen and oxygen atoms in total. The molecule has 2 N–H and O–H groups in total. The van der Waals surface area contributed by atoms with Crippen LogP contribution in [0.15, 0.2) is 88.2 Å². The molecule has 1 aliphatic heterocycles. The normalized spacial score (nSPS) is 14.6. The summed E-state index contributed by atoms with van der Waals surface area (Å²) in [6, 6.07) is 23.2. The number of furan rings is 1. The number of carbonyl (C=O) groups excluding carboxylic acids is 1. The molecule has 1 amide bonds. The van der Waals surface area contributed by atoms with Crippen LogP contribution in [0, 0.1) is 0 Å². The topological polar surface area (TPSA) is 115 Å². The lowest BCUT2D eigenvalue weighted by Gasteiger charge is -2.26. The Hall–Kier alpha value is -4.32. The number of aromatic nitrogens is 1. The van der Waals surface area contributed by atoms with E-state index in [4.69, 9.17) is 13.9 Å². The van der Waals surface area contributed by atoms with Gasteiger partial charge in [-0.2, -0.15) is 0 Å². The van der Waals surface area contributed by atoms with E-state index in [2.05, 4.69) is 35.7 Å². The zero-order chi connectivity index (χ0) is 30.9. The summed E-state index contributed by atoms with van der Waals surface area (Å²) in [6.45, 7) is 10.4. The fraction of sp³-hybridized carbons (Fsp3) is 0.303. The number of sulfonamides is 1. The molecular weight excluding hydrogens is 580 g/mol. The maximum Gasteiger partial charge on any atom is 0.413 e. The predicted molar refractivity (Wildman–Crippen MR) is 170 cm³/mol. The van der Waals surface area contributed by atoms with Crippen molar-refractivity contribution in [2.24, 2.45) is 0 Å². The van der Waals surface area contributed by atoms with Crippen LogP contribution in [0.5, 0.6) is 5.88 Å². The third-order valence-corrected chi connectivity index (χ3v) is 9.08. The van der Waals surface area contributed by atoms with E-state index in [-0.39, 0.29) is 16.2 Å². The van der Waals surface area contributed by atoms with E-state index in [0.29, 0.717) is 54.4 Å². The van der Waals surface area contributed by atoms with Gasteiger partial charge in [-0.25, -0.2) is 17.8 Å². The van der Waals surface area contributed by atoms with Crippen LogP contribution in [-0.2, 0) is 20.2 Å². The van der Waals surface area contributed by atoms with Crippen molar-refractivity contribution in [1.82, 2.24) is 14.8 Å². The van der Waals surface area contributed by atoms with E-state index < -0.39 is 16.1 Å². The number of anilines is 1. The second-order valence-electron chi connectivity index (χ2n) is 11.9. The molecule has 0 bridgehead atoms. The van der Waals surface area contributed by atoms with Gasteiger partial charge in [0, 0.05) is 54.8 Å². The highest BCUT2D eigenvalue weighted by Gasteiger charge is 2.21. The van der Waals surface area contributed by atoms with E-state index in [1.54, 1.807) is 41.0 Å². The number of hydrogen-bond acceptors (Lipinski definition) is 7. The molecule has 0 aliphatic carbocycles. The lowest BCUT2D eigenvalue weighted by atomic mass is 9.87. The van der Waals surface area contributed by atoms with E-state index in [1.165, 1.54) is 0 Å². The molecule has 0 saturated carbocycles. The van der Waals surface area contributed by atoms with Gasteiger partial charge in [0.15, 0.2) is 0 Å². The van der Waals surface area contributed by atoms with Crippen molar-refractivity contribution in [2.75, 3.05) is 44.1 Å². The number of hydrogen-bond donors (Lipinski definition) is 2. The number of rotatable bonds is 8.